The zero-order chi connectivity index (χ0) is 7.97. The summed E-state index contributed by atoms with van der Waals surface area (Å²) >= 11 is 0. The maximum atomic E-state index is 3.41. The molecule has 1 aromatic rings. The Bertz CT molecular complexity index is 308. The first-order chi connectivity index (χ1) is 5.95. The van der Waals surface area contributed by atoms with Gasteiger partial charge in [-0.15, -0.1) is 0 Å². The number of para-hydroxylation sites is 1. The van der Waals surface area contributed by atoms with Gasteiger partial charge < -0.3 is 5.01 Å². The monoisotopic (exact) mass is 160 g/mol. The van der Waals surface area contributed by atoms with Crippen molar-refractivity contribution in [3.63, 3.8) is 0 Å². The highest BCUT2D eigenvalue weighted by molar-refractivity contribution is 5.59. The fraction of sp³-hybridized carbons (Fsp3) is 0.400. The molecular formula is C10H12N2. The molecule has 1 aromatic carbocycles. The fourth-order valence-corrected chi connectivity index (χ4v) is 2.26. The Labute approximate surface area is 72.2 Å². The first kappa shape index (κ1) is 6.49. The van der Waals surface area contributed by atoms with Crippen LogP contribution in [0.4, 0.5) is 5.69 Å². The van der Waals surface area contributed by atoms with Gasteiger partial charge in [0.05, 0.1) is 11.7 Å². The molecular weight excluding hydrogens is 148 g/mol. The Hall–Kier alpha value is -1.02. The van der Waals surface area contributed by atoms with Gasteiger partial charge in [0.2, 0.25) is 0 Å². The molecule has 0 radical (unpaired) electrons. The minimum atomic E-state index is 0.724. The second kappa shape index (κ2) is 2.23. The molecule has 1 fully saturated rings. The Morgan fingerprint density at radius 3 is 3.25 bits per heavy atom. The summed E-state index contributed by atoms with van der Waals surface area (Å²) in [7, 11) is 0. The average molecular weight is 160 g/mol. The number of hydrogen-bond acceptors (Lipinski definition) is 2. The molecule has 1 N–H and O–H groups in total. The third kappa shape index (κ3) is 0.730. The summed E-state index contributed by atoms with van der Waals surface area (Å²) in [5.41, 5.74) is 6.29. The van der Waals surface area contributed by atoms with E-state index in [1.165, 1.54) is 24.1 Å². The van der Waals surface area contributed by atoms with Gasteiger partial charge in [-0.2, -0.15) is 0 Å². The van der Waals surface area contributed by atoms with Crippen molar-refractivity contribution in [2.45, 2.75) is 18.9 Å². The molecule has 2 heterocycles. The zero-order valence-electron chi connectivity index (χ0n) is 6.96. The molecule has 3 rings (SSSR count). The van der Waals surface area contributed by atoms with Crippen LogP contribution in [0.5, 0.6) is 0 Å². The van der Waals surface area contributed by atoms with Crippen molar-refractivity contribution in [3.8, 4) is 0 Å². The molecule has 0 saturated carbocycles. The highest BCUT2D eigenvalue weighted by Crippen LogP contribution is 2.33. The van der Waals surface area contributed by atoms with Gasteiger partial charge in [-0.25, -0.2) is 5.43 Å². The van der Waals surface area contributed by atoms with Crippen LogP contribution in [0.15, 0.2) is 24.3 Å². The number of fused-ring (bicyclic) bond motifs is 3. The molecule has 2 aliphatic rings. The molecule has 1 atom stereocenters. The van der Waals surface area contributed by atoms with Crippen molar-refractivity contribution in [1.82, 2.24) is 5.43 Å². The van der Waals surface area contributed by atoms with Gasteiger partial charge in [-0.05, 0) is 24.5 Å². The first-order valence-corrected chi connectivity index (χ1v) is 4.56. The number of hydrogen-bond donors (Lipinski definition) is 1. The quantitative estimate of drug-likeness (QED) is 0.616. The van der Waals surface area contributed by atoms with Crippen molar-refractivity contribution < 1.29 is 0 Å². The molecule has 0 amide bonds. The lowest BCUT2D eigenvalue weighted by Crippen LogP contribution is -2.33. The van der Waals surface area contributed by atoms with Gasteiger partial charge in [0.15, 0.2) is 0 Å². The van der Waals surface area contributed by atoms with Gasteiger partial charge in [0.25, 0.3) is 0 Å². The SMILES string of the molecule is c1ccc2c(c1)C[C@H]1CCNN21. The lowest BCUT2D eigenvalue weighted by Gasteiger charge is -2.17. The van der Waals surface area contributed by atoms with Crippen LogP contribution >= 0.6 is 0 Å². The number of anilines is 1. The summed E-state index contributed by atoms with van der Waals surface area (Å²) in [6.45, 7) is 1.14. The molecule has 0 aliphatic carbocycles. The van der Waals surface area contributed by atoms with Crippen LogP contribution in [0, 0.1) is 0 Å². The molecule has 62 valence electrons. The fourth-order valence-electron chi connectivity index (χ4n) is 2.26. The number of nitrogens with zero attached hydrogens (tertiary/aromatic N) is 1. The molecule has 2 aliphatic heterocycles. The van der Waals surface area contributed by atoms with Crippen LogP contribution in [-0.4, -0.2) is 12.6 Å². The standard InChI is InChI=1S/C10H12N2/c1-2-4-10-8(3-1)7-9-5-6-11-12(9)10/h1-4,9,11H,5-7H2/t9-/m1/s1. The summed E-state index contributed by atoms with van der Waals surface area (Å²) < 4.78 is 0. The molecule has 2 heteroatoms. The lowest BCUT2D eigenvalue weighted by molar-refractivity contribution is 0.687. The van der Waals surface area contributed by atoms with E-state index >= 15 is 0 Å². The average Bonchev–Trinajstić information content (AvgIpc) is 2.62. The van der Waals surface area contributed by atoms with Crippen LogP contribution in [0.2, 0.25) is 0 Å². The van der Waals surface area contributed by atoms with E-state index in [0.717, 1.165) is 12.6 Å². The highest BCUT2D eigenvalue weighted by atomic mass is 15.6. The number of rotatable bonds is 0. The van der Waals surface area contributed by atoms with Crippen molar-refractivity contribution in [2.75, 3.05) is 11.6 Å². The first-order valence-electron chi connectivity index (χ1n) is 4.56. The van der Waals surface area contributed by atoms with Gasteiger partial charge in [-0.3, -0.25) is 0 Å². The second-order valence-corrected chi connectivity index (χ2v) is 3.55. The van der Waals surface area contributed by atoms with Gasteiger partial charge >= 0.3 is 0 Å². The van der Waals surface area contributed by atoms with Crippen LogP contribution in [-0.2, 0) is 6.42 Å². The van der Waals surface area contributed by atoms with Crippen molar-refractivity contribution in [3.05, 3.63) is 29.8 Å². The van der Waals surface area contributed by atoms with Crippen LogP contribution < -0.4 is 10.4 Å². The molecule has 1 saturated heterocycles. The van der Waals surface area contributed by atoms with E-state index in [2.05, 4.69) is 34.7 Å². The summed E-state index contributed by atoms with van der Waals surface area (Å²) in [5.74, 6) is 0. The third-order valence-electron chi connectivity index (χ3n) is 2.83. The summed E-state index contributed by atoms with van der Waals surface area (Å²) in [5, 5.41) is 2.33. The van der Waals surface area contributed by atoms with Crippen molar-refractivity contribution >= 4 is 5.69 Å². The van der Waals surface area contributed by atoms with E-state index < -0.39 is 0 Å². The largest absolute Gasteiger partial charge is 0.305 e. The van der Waals surface area contributed by atoms with E-state index in [1.807, 2.05) is 0 Å². The molecule has 0 bridgehead atoms. The van der Waals surface area contributed by atoms with Crippen LogP contribution in [0.25, 0.3) is 0 Å². The topological polar surface area (TPSA) is 15.3 Å². The lowest BCUT2D eigenvalue weighted by atomic mass is 10.1. The maximum Gasteiger partial charge on any atom is 0.0555 e. The molecule has 0 spiro atoms. The number of hydrazine groups is 1. The molecule has 2 nitrogen and oxygen atoms in total. The van der Waals surface area contributed by atoms with E-state index in [9.17, 15) is 0 Å². The van der Waals surface area contributed by atoms with Crippen LogP contribution in [0.1, 0.15) is 12.0 Å². The Morgan fingerprint density at radius 2 is 2.25 bits per heavy atom. The maximum absolute atomic E-state index is 3.41. The van der Waals surface area contributed by atoms with E-state index in [4.69, 9.17) is 0 Å². The number of benzene rings is 1. The summed E-state index contributed by atoms with van der Waals surface area (Å²) in [6.07, 6.45) is 2.51. The Kier molecular flexibility index (Phi) is 1.21. The zero-order valence-corrected chi connectivity index (χ0v) is 6.96. The summed E-state index contributed by atoms with van der Waals surface area (Å²) in [6, 6.07) is 9.40. The predicted molar refractivity (Wildman–Crippen MR) is 49.0 cm³/mol. The minimum absolute atomic E-state index is 0.724. The van der Waals surface area contributed by atoms with E-state index in [0.29, 0.717) is 0 Å². The number of nitrogens with one attached hydrogen (secondary N) is 1. The summed E-state index contributed by atoms with van der Waals surface area (Å²) in [4.78, 5) is 0. The molecule has 0 aromatic heterocycles. The van der Waals surface area contributed by atoms with E-state index in [1.54, 1.807) is 0 Å². The third-order valence-corrected chi connectivity index (χ3v) is 2.83. The van der Waals surface area contributed by atoms with Crippen molar-refractivity contribution in [2.24, 2.45) is 0 Å². The van der Waals surface area contributed by atoms with Crippen LogP contribution in [0.3, 0.4) is 0 Å². The Balaban J connectivity index is 2.09. The van der Waals surface area contributed by atoms with Gasteiger partial charge in [0.1, 0.15) is 0 Å². The normalized spacial score (nSPS) is 25.7. The molecule has 0 unspecified atom stereocenters. The smallest absolute Gasteiger partial charge is 0.0555 e. The predicted octanol–water partition coefficient (Wildman–Crippen LogP) is 1.33. The van der Waals surface area contributed by atoms with Gasteiger partial charge in [0, 0.05) is 6.54 Å². The second-order valence-electron chi connectivity index (χ2n) is 3.55. The van der Waals surface area contributed by atoms with Gasteiger partial charge in [-0.1, -0.05) is 18.2 Å². The minimum Gasteiger partial charge on any atom is -0.305 e. The Morgan fingerprint density at radius 1 is 1.33 bits per heavy atom. The van der Waals surface area contributed by atoms with E-state index in [-0.39, 0.29) is 0 Å². The van der Waals surface area contributed by atoms with Crippen molar-refractivity contribution in [1.29, 1.82) is 0 Å². The highest BCUT2D eigenvalue weighted by Gasteiger charge is 2.32. The molecule has 12 heavy (non-hydrogen) atoms.